The van der Waals surface area contributed by atoms with Crippen molar-refractivity contribution in [2.24, 2.45) is 5.73 Å². The van der Waals surface area contributed by atoms with Crippen molar-refractivity contribution >= 4 is 7.28 Å². The molecular formula is C2H7BN2O. The van der Waals surface area contributed by atoms with Crippen LogP contribution < -0.4 is 11.0 Å². The normalized spacial score (nSPS) is 6.83. The molecule has 0 aromatic heterocycles. The van der Waals surface area contributed by atoms with E-state index < -0.39 is 0 Å². The molecule has 0 atom stereocenters. The average molecular weight is 85.9 g/mol. The van der Waals surface area contributed by atoms with Crippen LogP contribution >= 0.6 is 0 Å². The van der Waals surface area contributed by atoms with Crippen molar-refractivity contribution in [2.75, 3.05) is 13.1 Å². The summed E-state index contributed by atoms with van der Waals surface area (Å²) in [7, 11) is 0.632. The molecule has 0 aromatic carbocycles. The standard InChI is InChI=1S/C2H7BN2O/c4-1-2-5-3-6/h5H,1-2,4H2. The molecule has 3 N–H and O–H groups in total. The Bertz CT molecular complexity index is 40.5. The van der Waals surface area contributed by atoms with Gasteiger partial charge in [0.15, 0.2) is 0 Å². The monoisotopic (exact) mass is 86.1 g/mol. The van der Waals surface area contributed by atoms with E-state index in [0.29, 0.717) is 20.4 Å². The second-order valence-corrected chi connectivity index (χ2v) is 0.861. The van der Waals surface area contributed by atoms with Crippen LogP contribution in [0.1, 0.15) is 0 Å². The first kappa shape index (κ1) is 5.62. The van der Waals surface area contributed by atoms with Crippen molar-refractivity contribution in [3.05, 3.63) is 0 Å². The predicted molar refractivity (Wildman–Crippen MR) is 23.5 cm³/mol. The van der Waals surface area contributed by atoms with E-state index in [2.05, 4.69) is 5.23 Å². The van der Waals surface area contributed by atoms with E-state index >= 15 is 0 Å². The van der Waals surface area contributed by atoms with Crippen LogP contribution in [0.3, 0.4) is 0 Å². The molecule has 0 spiro atoms. The summed E-state index contributed by atoms with van der Waals surface area (Å²) in [6.45, 7) is 1.09. The van der Waals surface area contributed by atoms with E-state index in [9.17, 15) is 4.70 Å². The molecule has 4 heteroatoms. The molecule has 0 saturated heterocycles. The van der Waals surface area contributed by atoms with Crippen LogP contribution in [0.4, 0.5) is 0 Å². The van der Waals surface area contributed by atoms with Crippen molar-refractivity contribution in [1.29, 1.82) is 0 Å². The minimum atomic E-state index is 0.513. The molecule has 0 bridgehead atoms. The Morgan fingerprint density at radius 2 is 2.50 bits per heavy atom. The molecular weight excluding hydrogens is 78.8 g/mol. The van der Waals surface area contributed by atoms with Gasteiger partial charge in [-0.25, -0.2) is 0 Å². The SMILES string of the molecule is NCCNB=O. The Kier molecular flexibility index (Phi) is 4.34. The number of nitrogens with one attached hydrogen (secondary N) is 1. The van der Waals surface area contributed by atoms with Crippen LogP contribution in [0.25, 0.3) is 0 Å². The number of rotatable bonds is 3. The Morgan fingerprint density at radius 3 is 2.67 bits per heavy atom. The summed E-state index contributed by atoms with van der Waals surface area (Å²) >= 11 is 0. The fourth-order valence-corrected chi connectivity index (χ4v) is 0.142. The third-order valence-electron chi connectivity index (χ3n) is 0.372. The first-order valence-electron chi connectivity index (χ1n) is 1.79. The summed E-state index contributed by atoms with van der Waals surface area (Å²) in [5.41, 5.74) is 4.99. The topological polar surface area (TPSA) is 55.1 Å². The minimum absolute atomic E-state index is 0.513. The first-order chi connectivity index (χ1) is 2.91. The van der Waals surface area contributed by atoms with Gasteiger partial charge in [-0.15, -0.1) is 0 Å². The van der Waals surface area contributed by atoms with E-state index in [-0.39, 0.29) is 0 Å². The Hall–Kier alpha value is -0.375. The van der Waals surface area contributed by atoms with Gasteiger partial charge in [0, 0.05) is 0 Å². The second kappa shape index (κ2) is 4.62. The van der Waals surface area contributed by atoms with Crippen molar-refractivity contribution in [3.63, 3.8) is 0 Å². The van der Waals surface area contributed by atoms with Gasteiger partial charge in [-0.2, -0.15) is 0 Å². The summed E-state index contributed by atoms with van der Waals surface area (Å²) in [6.07, 6.45) is 0. The molecule has 0 unspecified atom stereocenters. The molecule has 0 aliphatic heterocycles. The quantitative estimate of drug-likeness (QED) is 0.324. The van der Waals surface area contributed by atoms with Gasteiger partial charge in [0.25, 0.3) is 0 Å². The Morgan fingerprint density at radius 1 is 1.83 bits per heavy atom. The summed E-state index contributed by atoms with van der Waals surface area (Å²) in [5.74, 6) is 0. The van der Waals surface area contributed by atoms with Crippen molar-refractivity contribution in [2.45, 2.75) is 0 Å². The zero-order chi connectivity index (χ0) is 4.83. The van der Waals surface area contributed by atoms with Crippen molar-refractivity contribution < 1.29 is 4.70 Å². The molecule has 6 heavy (non-hydrogen) atoms. The van der Waals surface area contributed by atoms with E-state index in [4.69, 9.17) is 5.73 Å². The van der Waals surface area contributed by atoms with E-state index in [1.165, 1.54) is 0 Å². The zero-order valence-corrected chi connectivity index (χ0v) is 3.48. The molecule has 0 rings (SSSR count). The van der Waals surface area contributed by atoms with Gasteiger partial charge < -0.3 is 0 Å². The summed E-state index contributed by atoms with van der Waals surface area (Å²) in [4.78, 5) is 0. The van der Waals surface area contributed by atoms with Crippen LogP contribution in [-0.4, -0.2) is 20.4 Å². The molecule has 0 radical (unpaired) electrons. The van der Waals surface area contributed by atoms with Crippen LogP contribution in [0.15, 0.2) is 0 Å². The van der Waals surface area contributed by atoms with Crippen molar-refractivity contribution in [1.82, 2.24) is 5.23 Å². The number of hydrogen-bond donors (Lipinski definition) is 2. The van der Waals surface area contributed by atoms with Gasteiger partial charge in [0.05, 0.1) is 0 Å². The van der Waals surface area contributed by atoms with Gasteiger partial charge in [0.2, 0.25) is 0 Å². The molecule has 0 saturated carbocycles. The third kappa shape index (κ3) is 3.62. The average Bonchev–Trinajstić information content (AvgIpc) is 1.61. The molecule has 0 fully saturated rings. The van der Waals surface area contributed by atoms with E-state index in [0.717, 1.165) is 0 Å². The van der Waals surface area contributed by atoms with Gasteiger partial charge in [-0.3, -0.25) is 0 Å². The summed E-state index contributed by atoms with van der Waals surface area (Å²) < 4.78 is 9.40. The van der Waals surface area contributed by atoms with E-state index in [1.54, 1.807) is 0 Å². The van der Waals surface area contributed by atoms with Crippen molar-refractivity contribution in [3.8, 4) is 0 Å². The van der Waals surface area contributed by atoms with Gasteiger partial charge in [0.1, 0.15) is 0 Å². The van der Waals surface area contributed by atoms with Crippen LogP contribution in [0.5, 0.6) is 0 Å². The molecule has 0 aromatic rings. The second-order valence-electron chi connectivity index (χ2n) is 0.861. The van der Waals surface area contributed by atoms with E-state index in [1.807, 2.05) is 0 Å². The zero-order valence-electron chi connectivity index (χ0n) is 3.48. The fourth-order valence-electron chi connectivity index (χ4n) is 0.142. The maximum atomic E-state index is 9.40. The maximum absolute atomic E-state index is 9.40. The van der Waals surface area contributed by atoms with Crippen LogP contribution in [0, 0.1) is 0 Å². The van der Waals surface area contributed by atoms with Gasteiger partial charge in [-0.1, -0.05) is 0 Å². The number of hydrogen-bond acceptors (Lipinski definition) is 2. The molecule has 0 heterocycles. The van der Waals surface area contributed by atoms with Gasteiger partial charge >= 0.3 is 36.0 Å². The fraction of sp³-hybridized carbons (Fsp3) is 1.00. The predicted octanol–water partition coefficient (Wildman–Crippen LogP) is -1.50. The molecule has 0 amide bonds. The Labute approximate surface area is 37.2 Å². The van der Waals surface area contributed by atoms with Crippen LogP contribution in [0.2, 0.25) is 0 Å². The third-order valence-corrected chi connectivity index (χ3v) is 0.372. The molecule has 34 valence electrons. The summed E-state index contributed by atoms with van der Waals surface area (Å²) in [5, 5.41) is 2.39. The van der Waals surface area contributed by atoms with Gasteiger partial charge in [-0.05, 0) is 0 Å². The molecule has 0 aliphatic rings. The summed E-state index contributed by atoms with van der Waals surface area (Å²) in [6, 6.07) is 0. The Balaban J connectivity index is 2.49. The molecule has 0 aliphatic carbocycles. The first-order valence-corrected chi connectivity index (χ1v) is 1.79. The van der Waals surface area contributed by atoms with Crippen LogP contribution in [-0.2, 0) is 4.70 Å². The number of nitrogens with two attached hydrogens (primary N) is 1. The molecule has 3 nitrogen and oxygen atoms in total.